The van der Waals surface area contributed by atoms with Crippen LogP contribution < -0.4 is 0 Å². The summed E-state index contributed by atoms with van der Waals surface area (Å²) >= 11 is 4.97. The van der Waals surface area contributed by atoms with Crippen molar-refractivity contribution in [3.8, 4) is 0 Å². The number of ether oxygens (including phenoxy) is 1. The predicted molar refractivity (Wildman–Crippen MR) is 47.4 cm³/mol. The van der Waals surface area contributed by atoms with Crippen molar-refractivity contribution >= 4 is 18.3 Å². The van der Waals surface area contributed by atoms with Crippen LogP contribution in [0.15, 0.2) is 17.3 Å². The SMILES string of the molecule is COCc1cc([S])nc2cnnn12. The molecule has 0 amide bonds. The second kappa shape index (κ2) is 3.23. The van der Waals surface area contributed by atoms with E-state index < -0.39 is 0 Å². The Labute approximate surface area is 80.1 Å². The van der Waals surface area contributed by atoms with Crippen LogP contribution in [0, 0.1) is 0 Å². The number of hydrogen-bond acceptors (Lipinski definition) is 4. The summed E-state index contributed by atoms with van der Waals surface area (Å²) in [6.07, 6.45) is 1.56. The molecule has 0 spiro atoms. The largest absolute Gasteiger partial charge is 0.378 e. The Morgan fingerprint density at radius 1 is 1.62 bits per heavy atom. The van der Waals surface area contributed by atoms with Gasteiger partial charge >= 0.3 is 0 Å². The first-order valence-corrected chi connectivity index (χ1v) is 4.08. The van der Waals surface area contributed by atoms with Gasteiger partial charge in [-0.1, -0.05) is 17.8 Å². The molecule has 0 atom stereocenters. The van der Waals surface area contributed by atoms with E-state index in [1.165, 1.54) is 0 Å². The van der Waals surface area contributed by atoms with Gasteiger partial charge in [-0.05, 0) is 6.07 Å². The van der Waals surface area contributed by atoms with Gasteiger partial charge in [-0.25, -0.2) is 4.98 Å². The molecule has 2 rings (SSSR count). The van der Waals surface area contributed by atoms with E-state index in [-0.39, 0.29) is 0 Å². The molecule has 0 saturated carbocycles. The number of methoxy groups -OCH3 is 1. The summed E-state index contributed by atoms with van der Waals surface area (Å²) in [5, 5.41) is 8.12. The maximum absolute atomic E-state index is 5.00. The van der Waals surface area contributed by atoms with Crippen LogP contribution in [0.5, 0.6) is 0 Å². The lowest BCUT2D eigenvalue weighted by molar-refractivity contribution is 0.179. The number of aromatic nitrogens is 4. The van der Waals surface area contributed by atoms with Crippen molar-refractivity contribution < 1.29 is 4.74 Å². The van der Waals surface area contributed by atoms with Crippen LogP contribution in [-0.4, -0.2) is 26.9 Å². The number of nitrogens with zero attached hydrogens (tertiary/aromatic N) is 4. The molecule has 2 aromatic heterocycles. The zero-order chi connectivity index (χ0) is 9.26. The van der Waals surface area contributed by atoms with Gasteiger partial charge in [-0.2, -0.15) is 4.52 Å². The molecule has 0 fully saturated rings. The van der Waals surface area contributed by atoms with Gasteiger partial charge in [0.1, 0.15) is 5.03 Å². The minimum absolute atomic E-state index is 0.450. The highest BCUT2D eigenvalue weighted by atomic mass is 32.1. The Hall–Kier alpha value is -1.27. The van der Waals surface area contributed by atoms with Crippen molar-refractivity contribution in [3.63, 3.8) is 0 Å². The lowest BCUT2D eigenvalue weighted by atomic mass is 10.4. The Kier molecular flexibility index (Phi) is 2.07. The van der Waals surface area contributed by atoms with E-state index in [1.807, 2.05) is 0 Å². The molecule has 0 aliphatic carbocycles. The van der Waals surface area contributed by atoms with E-state index in [2.05, 4.69) is 15.3 Å². The summed E-state index contributed by atoms with van der Waals surface area (Å²) in [6, 6.07) is 1.75. The third-order valence-electron chi connectivity index (χ3n) is 1.61. The fourth-order valence-corrected chi connectivity index (χ4v) is 1.34. The standard InChI is InChI=1S/C7H7N4OS/c1-12-4-5-2-7(13)9-6-3-8-10-11(5)6/h2-3H,4H2,1H3. The molecule has 5 nitrogen and oxygen atoms in total. The van der Waals surface area contributed by atoms with Crippen molar-refractivity contribution in [1.82, 2.24) is 19.8 Å². The zero-order valence-electron chi connectivity index (χ0n) is 6.97. The summed E-state index contributed by atoms with van der Waals surface area (Å²) in [7, 11) is 1.62. The molecule has 2 heterocycles. The van der Waals surface area contributed by atoms with Crippen molar-refractivity contribution in [1.29, 1.82) is 0 Å². The molecule has 13 heavy (non-hydrogen) atoms. The molecule has 1 radical (unpaired) electrons. The fraction of sp³-hybridized carbons (Fsp3) is 0.286. The van der Waals surface area contributed by atoms with Crippen LogP contribution in [0.1, 0.15) is 5.69 Å². The molecule has 67 valence electrons. The van der Waals surface area contributed by atoms with E-state index in [4.69, 9.17) is 17.4 Å². The van der Waals surface area contributed by atoms with Gasteiger partial charge in [0.2, 0.25) is 0 Å². The molecule has 0 aromatic carbocycles. The van der Waals surface area contributed by atoms with Crippen molar-refractivity contribution in [2.24, 2.45) is 0 Å². The van der Waals surface area contributed by atoms with Crippen molar-refractivity contribution in [2.45, 2.75) is 11.6 Å². The molecule has 0 N–H and O–H groups in total. The number of rotatable bonds is 2. The zero-order valence-corrected chi connectivity index (χ0v) is 7.78. The van der Waals surface area contributed by atoms with Gasteiger partial charge in [-0.15, -0.1) is 5.10 Å². The normalized spacial score (nSPS) is 10.8. The molecular formula is C7H7N4OS. The summed E-state index contributed by atoms with van der Waals surface area (Å²) in [5.74, 6) is 0. The maximum Gasteiger partial charge on any atom is 0.177 e. The minimum Gasteiger partial charge on any atom is -0.378 e. The number of fused-ring (bicyclic) bond motifs is 1. The first-order chi connectivity index (χ1) is 6.31. The molecule has 0 unspecified atom stereocenters. The van der Waals surface area contributed by atoms with Crippen LogP contribution in [0.4, 0.5) is 0 Å². The van der Waals surface area contributed by atoms with E-state index in [0.717, 1.165) is 5.69 Å². The maximum atomic E-state index is 5.00. The van der Waals surface area contributed by atoms with Gasteiger partial charge in [0, 0.05) is 7.11 Å². The summed E-state index contributed by atoms with van der Waals surface area (Å²) < 4.78 is 6.61. The second-order valence-corrected chi connectivity index (χ2v) is 2.94. The fourth-order valence-electron chi connectivity index (χ4n) is 1.11. The molecule has 0 saturated heterocycles. The van der Waals surface area contributed by atoms with Crippen molar-refractivity contribution in [2.75, 3.05) is 7.11 Å². The average Bonchev–Trinajstić information content (AvgIpc) is 2.52. The van der Waals surface area contributed by atoms with E-state index in [0.29, 0.717) is 17.3 Å². The van der Waals surface area contributed by atoms with Crippen LogP contribution in [0.25, 0.3) is 5.65 Å². The number of hydrogen-bond donors (Lipinski definition) is 0. The van der Waals surface area contributed by atoms with E-state index >= 15 is 0 Å². The predicted octanol–water partition coefficient (Wildman–Crippen LogP) is 0.827. The highest BCUT2D eigenvalue weighted by Crippen LogP contribution is 2.09. The van der Waals surface area contributed by atoms with Crippen molar-refractivity contribution in [3.05, 3.63) is 18.0 Å². The summed E-state index contributed by atoms with van der Waals surface area (Å²) in [5.41, 5.74) is 1.51. The first-order valence-electron chi connectivity index (χ1n) is 3.67. The van der Waals surface area contributed by atoms with Crippen LogP contribution >= 0.6 is 12.6 Å². The van der Waals surface area contributed by atoms with Crippen LogP contribution in [-0.2, 0) is 11.3 Å². The van der Waals surface area contributed by atoms with Gasteiger partial charge in [0.05, 0.1) is 18.5 Å². The topological polar surface area (TPSA) is 52.3 Å². The van der Waals surface area contributed by atoms with Crippen LogP contribution in [0.3, 0.4) is 0 Å². The molecule has 2 aromatic rings. The van der Waals surface area contributed by atoms with E-state index in [1.54, 1.807) is 23.9 Å². The molecule has 0 bridgehead atoms. The van der Waals surface area contributed by atoms with Gasteiger partial charge in [-0.3, -0.25) is 0 Å². The van der Waals surface area contributed by atoms with Crippen LogP contribution in [0.2, 0.25) is 0 Å². The lowest BCUT2D eigenvalue weighted by Gasteiger charge is -2.01. The Bertz CT molecular complexity index is 427. The highest BCUT2D eigenvalue weighted by molar-refractivity contribution is 7.80. The lowest BCUT2D eigenvalue weighted by Crippen LogP contribution is -2.02. The molecule has 0 aliphatic rings. The van der Waals surface area contributed by atoms with Gasteiger partial charge < -0.3 is 4.74 Å². The van der Waals surface area contributed by atoms with Gasteiger partial charge in [0.15, 0.2) is 5.65 Å². The quantitative estimate of drug-likeness (QED) is 0.666. The third kappa shape index (κ3) is 1.45. The Balaban J connectivity index is 2.63. The second-order valence-electron chi connectivity index (χ2n) is 2.52. The first kappa shape index (κ1) is 8.33. The molecule has 0 aliphatic heterocycles. The minimum atomic E-state index is 0.450. The average molecular weight is 195 g/mol. The summed E-state index contributed by atoms with van der Waals surface area (Å²) in [4.78, 5) is 4.08. The summed E-state index contributed by atoms with van der Waals surface area (Å²) in [6.45, 7) is 0.450. The van der Waals surface area contributed by atoms with E-state index in [9.17, 15) is 0 Å². The monoisotopic (exact) mass is 195 g/mol. The smallest absolute Gasteiger partial charge is 0.177 e. The molecular weight excluding hydrogens is 188 g/mol. The highest BCUT2D eigenvalue weighted by Gasteiger charge is 2.04. The van der Waals surface area contributed by atoms with Gasteiger partial charge in [0.25, 0.3) is 0 Å². The Morgan fingerprint density at radius 2 is 2.46 bits per heavy atom. The third-order valence-corrected chi connectivity index (χ3v) is 1.82. The Morgan fingerprint density at radius 3 is 3.23 bits per heavy atom. The molecule has 6 heteroatoms.